The van der Waals surface area contributed by atoms with Gasteiger partial charge in [0, 0.05) is 27.2 Å². The third kappa shape index (κ3) is 5.62. The van der Waals surface area contributed by atoms with E-state index in [2.05, 4.69) is 11.1 Å². The highest BCUT2D eigenvalue weighted by atomic mass is 35.5. The van der Waals surface area contributed by atoms with Crippen molar-refractivity contribution in [2.24, 2.45) is 4.99 Å². The Morgan fingerprint density at radius 2 is 1.82 bits per heavy atom. The molecule has 0 radical (unpaired) electrons. The van der Waals surface area contributed by atoms with Gasteiger partial charge in [-0.3, -0.25) is 14.7 Å². The lowest BCUT2D eigenvalue weighted by molar-refractivity contribution is -0.122. The van der Waals surface area contributed by atoms with E-state index in [0.29, 0.717) is 16.6 Å². The number of carbonyl (C=O) groups is 1. The predicted octanol–water partition coefficient (Wildman–Crippen LogP) is 7.75. The molecule has 1 aliphatic rings. The molecule has 1 amide bonds. The van der Waals surface area contributed by atoms with Crippen LogP contribution in [0.2, 0.25) is 5.02 Å². The molecule has 2 aromatic carbocycles. The van der Waals surface area contributed by atoms with Crippen molar-refractivity contribution < 1.29 is 4.79 Å². The summed E-state index contributed by atoms with van der Waals surface area (Å²) >= 11 is 10.7. The number of thiophene rings is 1. The van der Waals surface area contributed by atoms with E-state index in [9.17, 15) is 4.79 Å². The summed E-state index contributed by atoms with van der Waals surface area (Å²) in [5, 5.41) is 1.39. The fourth-order valence-corrected chi connectivity index (χ4v) is 6.49. The summed E-state index contributed by atoms with van der Waals surface area (Å²) < 4.78 is 1.15. The first-order chi connectivity index (χ1) is 16.6. The second kappa shape index (κ2) is 10.6. The lowest BCUT2D eigenvalue weighted by Crippen LogP contribution is -2.28. The van der Waals surface area contributed by atoms with Gasteiger partial charge in [0.2, 0.25) is 0 Å². The SMILES string of the molecule is O=C1/C(=C/c2ccc(Sc3ccc(Cl)cc3)s2)SC(=Nc2ccccc2)N1Cc1cccnc1. The van der Waals surface area contributed by atoms with Gasteiger partial charge in [0.15, 0.2) is 5.17 Å². The molecule has 1 saturated heterocycles. The highest BCUT2D eigenvalue weighted by Crippen LogP contribution is 2.38. The monoisotopic (exact) mass is 519 g/mol. The summed E-state index contributed by atoms with van der Waals surface area (Å²) in [4.78, 5) is 26.8. The summed E-state index contributed by atoms with van der Waals surface area (Å²) in [6.07, 6.45) is 5.46. The van der Waals surface area contributed by atoms with Crippen molar-refractivity contribution >= 4 is 69.3 Å². The summed E-state index contributed by atoms with van der Waals surface area (Å²) in [6, 6.07) is 25.4. The van der Waals surface area contributed by atoms with Crippen LogP contribution in [0.3, 0.4) is 0 Å². The first-order valence-corrected chi connectivity index (χ1v) is 13.2. The molecule has 4 aromatic rings. The molecule has 168 valence electrons. The number of para-hydroxylation sites is 1. The highest BCUT2D eigenvalue weighted by molar-refractivity contribution is 8.18. The minimum atomic E-state index is -0.0520. The highest BCUT2D eigenvalue weighted by Gasteiger charge is 2.33. The first-order valence-electron chi connectivity index (χ1n) is 10.4. The summed E-state index contributed by atoms with van der Waals surface area (Å²) in [5.74, 6) is -0.0520. The van der Waals surface area contributed by atoms with Crippen LogP contribution in [-0.4, -0.2) is 21.0 Å². The van der Waals surface area contributed by atoms with Crippen LogP contribution in [0.15, 0.2) is 110 Å². The summed E-state index contributed by atoms with van der Waals surface area (Å²) in [6.45, 7) is 0.421. The van der Waals surface area contributed by atoms with Crippen molar-refractivity contribution in [3.8, 4) is 0 Å². The van der Waals surface area contributed by atoms with E-state index in [0.717, 1.165) is 30.3 Å². The molecule has 0 spiro atoms. The van der Waals surface area contributed by atoms with Gasteiger partial charge >= 0.3 is 0 Å². The van der Waals surface area contributed by atoms with E-state index in [-0.39, 0.29) is 5.91 Å². The normalized spacial score (nSPS) is 16.0. The van der Waals surface area contributed by atoms with Gasteiger partial charge in [0.1, 0.15) is 0 Å². The molecule has 3 heterocycles. The number of hydrogen-bond acceptors (Lipinski definition) is 6. The molecule has 4 nitrogen and oxygen atoms in total. The van der Waals surface area contributed by atoms with Crippen molar-refractivity contribution in [1.82, 2.24) is 9.88 Å². The Balaban J connectivity index is 1.40. The Hall–Kier alpha value is -2.84. The van der Waals surface area contributed by atoms with E-state index in [1.54, 1.807) is 40.4 Å². The zero-order valence-corrected chi connectivity index (χ0v) is 21.0. The number of hydrogen-bond donors (Lipinski definition) is 0. The van der Waals surface area contributed by atoms with E-state index >= 15 is 0 Å². The maximum atomic E-state index is 13.4. The number of benzene rings is 2. The zero-order chi connectivity index (χ0) is 23.3. The molecule has 0 N–H and O–H groups in total. The van der Waals surface area contributed by atoms with Gasteiger partial charge in [-0.05, 0) is 78.0 Å². The fourth-order valence-electron chi connectivity index (χ4n) is 3.23. The average molecular weight is 520 g/mol. The van der Waals surface area contributed by atoms with Crippen LogP contribution in [0.25, 0.3) is 6.08 Å². The molecular formula is C26H18ClN3OS3. The molecule has 8 heteroatoms. The largest absolute Gasteiger partial charge is 0.282 e. The fraction of sp³-hybridized carbons (Fsp3) is 0.0385. The van der Waals surface area contributed by atoms with Crippen molar-refractivity contribution in [3.63, 3.8) is 0 Å². The Morgan fingerprint density at radius 1 is 1.00 bits per heavy atom. The average Bonchev–Trinajstić information content (AvgIpc) is 3.41. The third-order valence-electron chi connectivity index (χ3n) is 4.84. The van der Waals surface area contributed by atoms with Crippen molar-refractivity contribution in [2.45, 2.75) is 15.6 Å². The van der Waals surface area contributed by atoms with Crippen molar-refractivity contribution in [1.29, 1.82) is 0 Å². The molecule has 34 heavy (non-hydrogen) atoms. The number of pyridine rings is 1. The van der Waals surface area contributed by atoms with Crippen LogP contribution in [0.1, 0.15) is 10.4 Å². The lowest BCUT2D eigenvalue weighted by atomic mass is 10.2. The van der Waals surface area contributed by atoms with E-state index in [1.807, 2.05) is 78.9 Å². The Morgan fingerprint density at radius 3 is 2.59 bits per heavy atom. The van der Waals surface area contributed by atoms with Gasteiger partial charge in [-0.15, -0.1) is 11.3 Å². The minimum absolute atomic E-state index is 0.0520. The van der Waals surface area contributed by atoms with E-state index in [1.165, 1.54) is 11.8 Å². The molecule has 1 fully saturated rings. The number of halogens is 1. The van der Waals surface area contributed by atoms with Crippen molar-refractivity contribution in [2.75, 3.05) is 0 Å². The van der Waals surface area contributed by atoms with Crippen LogP contribution in [-0.2, 0) is 11.3 Å². The van der Waals surface area contributed by atoms with Gasteiger partial charge in [-0.25, -0.2) is 4.99 Å². The van der Waals surface area contributed by atoms with Crippen molar-refractivity contribution in [3.05, 3.63) is 112 Å². The Bertz CT molecular complexity index is 1350. The quantitative estimate of drug-likeness (QED) is 0.244. The van der Waals surface area contributed by atoms with E-state index in [4.69, 9.17) is 16.6 Å². The van der Waals surface area contributed by atoms with Gasteiger partial charge in [-0.1, -0.05) is 47.6 Å². The molecule has 0 aliphatic carbocycles. The van der Waals surface area contributed by atoms with Crippen LogP contribution in [0.5, 0.6) is 0 Å². The first kappa shape index (κ1) is 22.9. The van der Waals surface area contributed by atoms with Crippen LogP contribution < -0.4 is 0 Å². The summed E-state index contributed by atoms with van der Waals surface area (Å²) in [7, 11) is 0. The third-order valence-corrected chi connectivity index (χ3v) is 8.27. The molecule has 1 aliphatic heterocycles. The smallest absolute Gasteiger partial charge is 0.267 e. The number of thioether (sulfide) groups is 1. The van der Waals surface area contributed by atoms with Gasteiger partial charge in [-0.2, -0.15) is 0 Å². The molecular weight excluding hydrogens is 502 g/mol. The van der Waals surface area contributed by atoms with Gasteiger partial charge < -0.3 is 0 Å². The predicted molar refractivity (Wildman–Crippen MR) is 144 cm³/mol. The van der Waals surface area contributed by atoms with E-state index < -0.39 is 0 Å². The molecule has 0 unspecified atom stereocenters. The zero-order valence-electron chi connectivity index (χ0n) is 17.8. The number of nitrogens with zero attached hydrogens (tertiary/aromatic N) is 3. The second-order valence-corrected chi connectivity index (χ2v) is 11.2. The number of rotatable bonds is 6. The van der Waals surface area contributed by atoms with Crippen LogP contribution in [0.4, 0.5) is 5.69 Å². The summed E-state index contributed by atoms with van der Waals surface area (Å²) in [5.41, 5.74) is 1.77. The number of carbonyl (C=O) groups excluding carboxylic acids is 1. The maximum Gasteiger partial charge on any atom is 0.267 e. The lowest BCUT2D eigenvalue weighted by Gasteiger charge is -2.15. The van der Waals surface area contributed by atoms with Crippen LogP contribution >= 0.6 is 46.5 Å². The number of aliphatic imine (C=N–C) groups is 1. The van der Waals surface area contributed by atoms with Gasteiger partial charge in [0.25, 0.3) is 5.91 Å². The number of amides is 1. The second-order valence-electron chi connectivity index (χ2n) is 7.31. The number of amidine groups is 1. The van der Waals surface area contributed by atoms with Crippen LogP contribution in [0, 0.1) is 0 Å². The molecule has 2 aromatic heterocycles. The van der Waals surface area contributed by atoms with Gasteiger partial charge in [0.05, 0.1) is 21.3 Å². The molecule has 0 saturated carbocycles. The standard InChI is InChI=1S/C26H18ClN3OS3/c27-19-8-10-21(11-9-19)32-24-13-12-22(33-24)15-23-25(31)30(17-18-5-4-14-28-16-18)26(34-23)29-20-6-2-1-3-7-20/h1-16H,17H2/b23-15-,29-26?. The topological polar surface area (TPSA) is 45.6 Å². The molecule has 0 atom stereocenters. The minimum Gasteiger partial charge on any atom is -0.282 e. The maximum absolute atomic E-state index is 13.4. The Kier molecular flexibility index (Phi) is 7.16. The molecule has 5 rings (SSSR count). The molecule has 0 bridgehead atoms. The number of aromatic nitrogens is 1. The Labute approximate surface area is 215 Å².